The number of rotatable bonds is 5. The summed E-state index contributed by atoms with van der Waals surface area (Å²) in [7, 11) is 6.67. The van der Waals surface area contributed by atoms with Crippen LogP contribution in [0.1, 0.15) is 5.82 Å². The van der Waals surface area contributed by atoms with Crippen LogP contribution in [0.15, 0.2) is 18.2 Å². The van der Waals surface area contributed by atoms with Gasteiger partial charge < -0.3 is 14.2 Å². The molecule has 102 valence electrons. The quantitative estimate of drug-likeness (QED) is 0.821. The Morgan fingerprint density at radius 3 is 2.47 bits per heavy atom. The predicted octanol–water partition coefficient (Wildman–Crippen LogP) is 1.65. The van der Waals surface area contributed by atoms with E-state index >= 15 is 0 Å². The van der Waals surface area contributed by atoms with Gasteiger partial charge in [0.25, 0.3) is 0 Å². The SMILES string of the molecule is COCc1nc(-c2ccc(OC)c(OC)c2)nn1C. The van der Waals surface area contributed by atoms with Gasteiger partial charge in [0.15, 0.2) is 23.1 Å². The molecule has 6 heteroatoms. The van der Waals surface area contributed by atoms with E-state index in [1.807, 2.05) is 25.2 Å². The molecule has 1 aromatic heterocycles. The lowest BCUT2D eigenvalue weighted by Crippen LogP contribution is -2.00. The number of hydrogen-bond acceptors (Lipinski definition) is 5. The minimum absolute atomic E-state index is 0.427. The highest BCUT2D eigenvalue weighted by Crippen LogP contribution is 2.31. The van der Waals surface area contributed by atoms with Crippen LogP contribution in [0.3, 0.4) is 0 Å². The number of nitrogens with zero attached hydrogens (tertiary/aromatic N) is 3. The van der Waals surface area contributed by atoms with Crippen LogP contribution in [0, 0.1) is 0 Å². The van der Waals surface area contributed by atoms with E-state index in [9.17, 15) is 0 Å². The molecule has 0 aliphatic heterocycles. The third kappa shape index (κ3) is 2.68. The van der Waals surface area contributed by atoms with Crippen molar-refractivity contribution in [1.29, 1.82) is 0 Å². The second-order valence-corrected chi connectivity index (χ2v) is 3.98. The van der Waals surface area contributed by atoms with E-state index in [2.05, 4.69) is 10.1 Å². The molecule has 0 amide bonds. The van der Waals surface area contributed by atoms with Crippen molar-refractivity contribution < 1.29 is 14.2 Å². The Bertz CT molecular complexity index is 566. The largest absolute Gasteiger partial charge is 0.493 e. The van der Waals surface area contributed by atoms with E-state index in [1.54, 1.807) is 26.0 Å². The van der Waals surface area contributed by atoms with Crippen molar-refractivity contribution in [2.75, 3.05) is 21.3 Å². The lowest BCUT2D eigenvalue weighted by atomic mass is 10.2. The average molecular weight is 263 g/mol. The zero-order valence-corrected chi connectivity index (χ0v) is 11.5. The van der Waals surface area contributed by atoms with Crippen molar-refractivity contribution in [2.24, 2.45) is 7.05 Å². The third-order valence-electron chi connectivity index (χ3n) is 2.77. The first kappa shape index (κ1) is 13.4. The van der Waals surface area contributed by atoms with Gasteiger partial charge in [0.2, 0.25) is 0 Å². The van der Waals surface area contributed by atoms with Crippen molar-refractivity contribution in [1.82, 2.24) is 14.8 Å². The van der Waals surface area contributed by atoms with Gasteiger partial charge in [-0.2, -0.15) is 5.10 Å². The fourth-order valence-electron chi connectivity index (χ4n) is 1.77. The summed E-state index contributed by atoms with van der Waals surface area (Å²) < 4.78 is 17.2. The average Bonchev–Trinajstić information content (AvgIpc) is 2.80. The monoisotopic (exact) mass is 263 g/mol. The standard InChI is InChI=1S/C13H17N3O3/c1-16-12(8-17-2)14-13(15-16)9-5-6-10(18-3)11(7-9)19-4/h5-7H,8H2,1-4H3. The first-order valence-corrected chi connectivity index (χ1v) is 5.80. The molecule has 0 fully saturated rings. The molecule has 0 aliphatic rings. The van der Waals surface area contributed by atoms with Crippen LogP contribution < -0.4 is 9.47 Å². The van der Waals surface area contributed by atoms with Gasteiger partial charge in [0.1, 0.15) is 6.61 Å². The fourth-order valence-corrected chi connectivity index (χ4v) is 1.77. The summed E-state index contributed by atoms with van der Waals surface area (Å²) >= 11 is 0. The number of ether oxygens (including phenoxy) is 3. The molecule has 0 N–H and O–H groups in total. The molecule has 0 saturated carbocycles. The van der Waals surface area contributed by atoms with Gasteiger partial charge in [-0.05, 0) is 18.2 Å². The van der Waals surface area contributed by atoms with Gasteiger partial charge >= 0.3 is 0 Å². The number of methoxy groups -OCH3 is 3. The molecular formula is C13H17N3O3. The summed E-state index contributed by atoms with van der Waals surface area (Å²) in [5.41, 5.74) is 0.871. The lowest BCUT2D eigenvalue weighted by molar-refractivity contribution is 0.174. The zero-order valence-electron chi connectivity index (χ0n) is 11.5. The number of hydrogen-bond donors (Lipinski definition) is 0. The van der Waals surface area contributed by atoms with E-state index in [4.69, 9.17) is 14.2 Å². The Kier molecular flexibility index (Phi) is 4.01. The Hall–Kier alpha value is -2.08. The minimum atomic E-state index is 0.427. The lowest BCUT2D eigenvalue weighted by Gasteiger charge is -2.07. The molecule has 0 radical (unpaired) electrons. The van der Waals surface area contributed by atoms with E-state index in [1.165, 1.54) is 0 Å². The normalized spacial score (nSPS) is 10.5. The molecule has 19 heavy (non-hydrogen) atoms. The van der Waals surface area contributed by atoms with E-state index < -0.39 is 0 Å². The van der Waals surface area contributed by atoms with Crippen LogP contribution in [0.2, 0.25) is 0 Å². The van der Waals surface area contributed by atoms with E-state index in [0.717, 1.165) is 11.4 Å². The Morgan fingerprint density at radius 1 is 1.11 bits per heavy atom. The summed E-state index contributed by atoms with van der Waals surface area (Å²) in [5, 5.41) is 4.36. The van der Waals surface area contributed by atoms with Crippen LogP contribution in [0.25, 0.3) is 11.4 Å². The summed E-state index contributed by atoms with van der Waals surface area (Å²) in [6, 6.07) is 5.58. The Labute approximate surface area is 111 Å². The first-order valence-electron chi connectivity index (χ1n) is 5.80. The highest BCUT2D eigenvalue weighted by atomic mass is 16.5. The van der Waals surface area contributed by atoms with E-state index in [0.29, 0.717) is 23.9 Å². The van der Waals surface area contributed by atoms with Gasteiger partial charge in [-0.25, -0.2) is 4.98 Å². The van der Waals surface area contributed by atoms with Crippen molar-refractivity contribution >= 4 is 0 Å². The smallest absolute Gasteiger partial charge is 0.181 e. The van der Waals surface area contributed by atoms with Gasteiger partial charge in [0, 0.05) is 19.7 Å². The van der Waals surface area contributed by atoms with Crippen LogP contribution in [-0.4, -0.2) is 36.1 Å². The second kappa shape index (κ2) is 5.71. The zero-order chi connectivity index (χ0) is 13.8. The number of aryl methyl sites for hydroxylation is 1. The van der Waals surface area contributed by atoms with Crippen molar-refractivity contribution in [3.8, 4) is 22.9 Å². The summed E-state index contributed by atoms with van der Waals surface area (Å²) in [4.78, 5) is 4.43. The molecule has 2 aromatic rings. The number of benzene rings is 1. The van der Waals surface area contributed by atoms with Gasteiger partial charge in [0.05, 0.1) is 14.2 Å². The molecular weight excluding hydrogens is 246 g/mol. The van der Waals surface area contributed by atoms with Crippen molar-refractivity contribution in [3.05, 3.63) is 24.0 Å². The molecule has 1 aromatic carbocycles. The maximum absolute atomic E-state index is 5.27. The van der Waals surface area contributed by atoms with Crippen LogP contribution in [-0.2, 0) is 18.4 Å². The van der Waals surface area contributed by atoms with Gasteiger partial charge in [-0.1, -0.05) is 0 Å². The minimum Gasteiger partial charge on any atom is -0.493 e. The Balaban J connectivity index is 2.38. The molecule has 1 heterocycles. The highest BCUT2D eigenvalue weighted by molar-refractivity contribution is 5.60. The molecule has 0 aliphatic carbocycles. The highest BCUT2D eigenvalue weighted by Gasteiger charge is 2.12. The summed E-state index contributed by atoms with van der Waals surface area (Å²) in [6.45, 7) is 0.427. The van der Waals surface area contributed by atoms with E-state index in [-0.39, 0.29) is 0 Å². The van der Waals surface area contributed by atoms with Gasteiger partial charge in [-0.15, -0.1) is 0 Å². The third-order valence-corrected chi connectivity index (χ3v) is 2.77. The molecule has 0 spiro atoms. The first-order chi connectivity index (χ1) is 9.19. The fraction of sp³-hybridized carbons (Fsp3) is 0.385. The van der Waals surface area contributed by atoms with Crippen LogP contribution in [0.4, 0.5) is 0 Å². The molecule has 0 unspecified atom stereocenters. The van der Waals surface area contributed by atoms with Crippen LogP contribution in [0.5, 0.6) is 11.5 Å². The van der Waals surface area contributed by atoms with Crippen LogP contribution >= 0.6 is 0 Å². The summed E-state index contributed by atoms with van der Waals surface area (Å²) in [5.74, 6) is 2.74. The maximum Gasteiger partial charge on any atom is 0.181 e. The molecule has 2 rings (SSSR count). The molecule has 0 bridgehead atoms. The number of aromatic nitrogens is 3. The maximum atomic E-state index is 5.27. The molecule has 0 atom stereocenters. The van der Waals surface area contributed by atoms with Crippen molar-refractivity contribution in [2.45, 2.75) is 6.61 Å². The van der Waals surface area contributed by atoms with Gasteiger partial charge in [-0.3, -0.25) is 4.68 Å². The predicted molar refractivity (Wildman–Crippen MR) is 70.3 cm³/mol. The van der Waals surface area contributed by atoms with Crippen molar-refractivity contribution in [3.63, 3.8) is 0 Å². The molecule has 0 saturated heterocycles. The Morgan fingerprint density at radius 2 is 1.84 bits per heavy atom. The summed E-state index contributed by atoms with van der Waals surface area (Å²) in [6.07, 6.45) is 0. The molecule has 6 nitrogen and oxygen atoms in total. The second-order valence-electron chi connectivity index (χ2n) is 3.98. The topological polar surface area (TPSA) is 58.4 Å².